The topological polar surface area (TPSA) is 58.6 Å². The lowest BCUT2D eigenvalue weighted by atomic mass is 10.1. The molecule has 0 atom stereocenters. The number of nitrogens with one attached hydrogen (secondary N) is 1. The fraction of sp³-hybridized carbons (Fsp3) is 0.143. The van der Waals surface area contributed by atoms with Crippen molar-refractivity contribution in [3.63, 3.8) is 0 Å². The molecular formula is C21H19ClN2O3S. The molecule has 0 bridgehead atoms. The lowest BCUT2D eigenvalue weighted by molar-refractivity contribution is 0.0784. The Morgan fingerprint density at radius 1 is 1.14 bits per heavy atom. The number of ether oxygens (including phenoxy) is 1. The Kier molecular flexibility index (Phi) is 6.34. The minimum Gasteiger partial charge on any atom is -0.496 e. The minimum absolute atomic E-state index is 0.186. The zero-order valence-corrected chi connectivity index (χ0v) is 17.0. The first-order valence-corrected chi connectivity index (χ1v) is 9.77. The summed E-state index contributed by atoms with van der Waals surface area (Å²) < 4.78 is 5.34. The molecule has 5 nitrogen and oxygen atoms in total. The number of halogens is 1. The van der Waals surface area contributed by atoms with E-state index in [-0.39, 0.29) is 11.8 Å². The largest absolute Gasteiger partial charge is 0.496 e. The Labute approximate surface area is 172 Å². The third-order valence-electron chi connectivity index (χ3n) is 4.15. The molecular weight excluding hydrogens is 396 g/mol. The zero-order chi connectivity index (χ0) is 20.1. The molecule has 2 aromatic carbocycles. The number of methoxy groups -OCH3 is 1. The highest BCUT2D eigenvalue weighted by atomic mass is 35.5. The average Bonchev–Trinajstić information content (AvgIpc) is 3.24. The highest BCUT2D eigenvalue weighted by Gasteiger charge is 2.17. The van der Waals surface area contributed by atoms with Crippen LogP contribution in [0.1, 0.15) is 25.6 Å². The van der Waals surface area contributed by atoms with E-state index in [2.05, 4.69) is 5.32 Å². The van der Waals surface area contributed by atoms with Gasteiger partial charge in [0.15, 0.2) is 0 Å². The first kappa shape index (κ1) is 19.9. The number of thiophene rings is 1. The third kappa shape index (κ3) is 4.52. The van der Waals surface area contributed by atoms with E-state index in [1.807, 2.05) is 29.6 Å². The van der Waals surface area contributed by atoms with E-state index in [1.54, 1.807) is 49.4 Å². The summed E-state index contributed by atoms with van der Waals surface area (Å²) in [5.74, 6) is 0.278. The molecule has 28 heavy (non-hydrogen) atoms. The summed E-state index contributed by atoms with van der Waals surface area (Å²) >= 11 is 7.54. The second-order valence-corrected chi connectivity index (χ2v) is 7.45. The molecule has 3 rings (SSSR count). The van der Waals surface area contributed by atoms with Crippen LogP contribution in [0.5, 0.6) is 5.75 Å². The molecule has 0 saturated heterocycles. The van der Waals surface area contributed by atoms with Crippen LogP contribution in [-0.2, 0) is 6.54 Å². The minimum atomic E-state index is -0.260. The van der Waals surface area contributed by atoms with Gasteiger partial charge >= 0.3 is 0 Å². The lowest BCUT2D eigenvalue weighted by Crippen LogP contribution is -2.26. The summed E-state index contributed by atoms with van der Waals surface area (Å²) in [6, 6.07) is 15.9. The van der Waals surface area contributed by atoms with Crippen molar-refractivity contribution in [2.24, 2.45) is 0 Å². The molecule has 1 aromatic heterocycles. The quantitative estimate of drug-likeness (QED) is 0.621. The Morgan fingerprint density at radius 2 is 1.93 bits per heavy atom. The van der Waals surface area contributed by atoms with Gasteiger partial charge in [-0.15, -0.1) is 11.3 Å². The van der Waals surface area contributed by atoms with Crippen LogP contribution >= 0.6 is 22.9 Å². The number of benzene rings is 2. The Hall–Kier alpha value is -2.83. The number of hydrogen-bond donors (Lipinski definition) is 1. The second-order valence-electron chi connectivity index (χ2n) is 6.10. The number of para-hydroxylation sites is 1. The van der Waals surface area contributed by atoms with Gasteiger partial charge < -0.3 is 15.0 Å². The van der Waals surface area contributed by atoms with Crippen LogP contribution in [0, 0.1) is 0 Å². The Balaban J connectivity index is 1.77. The summed E-state index contributed by atoms with van der Waals surface area (Å²) in [7, 11) is 3.32. The van der Waals surface area contributed by atoms with Gasteiger partial charge in [0, 0.05) is 24.7 Å². The van der Waals surface area contributed by atoms with Gasteiger partial charge in [-0.3, -0.25) is 9.59 Å². The van der Waals surface area contributed by atoms with Crippen LogP contribution < -0.4 is 10.1 Å². The predicted molar refractivity (Wildman–Crippen MR) is 113 cm³/mol. The van der Waals surface area contributed by atoms with Gasteiger partial charge in [0.1, 0.15) is 5.75 Å². The van der Waals surface area contributed by atoms with Gasteiger partial charge in [0.2, 0.25) is 0 Å². The van der Waals surface area contributed by atoms with E-state index in [0.29, 0.717) is 27.7 Å². The van der Waals surface area contributed by atoms with Crippen molar-refractivity contribution in [3.05, 3.63) is 81.0 Å². The number of hydrogen-bond acceptors (Lipinski definition) is 4. The predicted octanol–water partition coefficient (Wildman–Crippen LogP) is 4.93. The molecule has 1 heterocycles. The van der Waals surface area contributed by atoms with Crippen molar-refractivity contribution >= 4 is 40.4 Å². The number of amides is 2. The molecule has 0 saturated carbocycles. The monoisotopic (exact) mass is 414 g/mol. The van der Waals surface area contributed by atoms with Gasteiger partial charge in [-0.25, -0.2) is 0 Å². The third-order valence-corrected chi connectivity index (χ3v) is 5.35. The van der Waals surface area contributed by atoms with E-state index >= 15 is 0 Å². The molecule has 0 unspecified atom stereocenters. The van der Waals surface area contributed by atoms with E-state index in [4.69, 9.17) is 16.3 Å². The second kappa shape index (κ2) is 8.91. The van der Waals surface area contributed by atoms with Crippen molar-refractivity contribution in [1.29, 1.82) is 0 Å². The maximum atomic E-state index is 12.9. The van der Waals surface area contributed by atoms with Gasteiger partial charge in [-0.2, -0.15) is 0 Å². The molecule has 2 amide bonds. The summed E-state index contributed by atoms with van der Waals surface area (Å²) in [5.41, 5.74) is 1.74. The van der Waals surface area contributed by atoms with E-state index in [0.717, 1.165) is 11.3 Å². The van der Waals surface area contributed by atoms with Crippen molar-refractivity contribution in [3.8, 4) is 5.75 Å². The molecule has 1 N–H and O–H groups in total. The fourth-order valence-corrected chi connectivity index (χ4v) is 3.51. The average molecular weight is 415 g/mol. The number of rotatable bonds is 6. The number of anilines is 1. The summed E-state index contributed by atoms with van der Waals surface area (Å²) in [6.07, 6.45) is 0. The van der Waals surface area contributed by atoms with Gasteiger partial charge in [-0.1, -0.05) is 35.9 Å². The summed E-state index contributed by atoms with van der Waals surface area (Å²) in [5, 5.41) is 4.96. The molecule has 0 aliphatic carbocycles. The van der Waals surface area contributed by atoms with Gasteiger partial charge in [0.25, 0.3) is 11.8 Å². The van der Waals surface area contributed by atoms with Gasteiger partial charge in [-0.05, 0) is 35.7 Å². The Morgan fingerprint density at radius 3 is 2.64 bits per heavy atom. The molecule has 3 aromatic rings. The van der Waals surface area contributed by atoms with Crippen LogP contribution in [0.4, 0.5) is 5.69 Å². The standard InChI is InChI=1S/C21H19ClN2O3S/c1-24(13-15-6-3-4-7-18(15)27-2)21(26)14-9-10-16(22)17(12-14)23-20(25)19-8-5-11-28-19/h3-12H,13H2,1-2H3,(H,23,25). The highest BCUT2D eigenvalue weighted by Crippen LogP contribution is 2.26. The lowest BCUT2D eigenvalue weighted by Gasteiger charge is -2.19. The maximum absolute atomic E-state index is 12.9. The number of carbonyl (C=O) groups excluding carboxylic acids is 2. The van der Waals surface area contributed by atoms with E-state index in [9.17, 15) is 9.59 Å². The Bertz CT molecular complexity index is 989. The van der Waals surface area contributed by atoms with Crippen molar-refractivity contribution in [1.82, 2.24) is 4.90 Å². The normalized spacial score (nSPS) is 10.4. The molecule has 0 aliphatic heterocycles. The molecule has 0 spiro atoms. The molecule has 0 aliphatic rings. The zero-order valence-electron chi connectivity index (χ0n) is 15.4. The first-order chi connectivity index (χ1) is 13.5. The smallest absolute Gasteiger partial charge is 0.265 e. The molecule has 0 fully saturated rings. The van der Waals surface area contributed by atoms with Crippen LogP contribution in [0.2, 0.25) is 5.02 Å². The first-order valence-electron chi connectivity index (χ1n) is 8.51. The van der Waals surface area contributed by atoms with Crippen molar-refractivity contribution in [2.75, 3.05) is 19.5 Å². The highest BCUT2D eigenvalue weighted by molar-refractivity contribution is 7.12. The summed E-state index contributed by atoms with van der Waals surface area (Å²) in [6.45, 7) is 0.391. The van der Waals surface area contributed by atoms with Crippen LogP contribution in [-0.4, -0.2) is 30.9 Å². The van der Waals surface area contributed by atoms with E-state index in [1.165, 1.54) is 11.3 Å². The van der Waals surface area contributed by atoms with Crippen molar-refractivity contribution < 1.29 is 14.3 Å². The van der Waals surface area contributed by atoms with E-state index < -0.39 is 0 Å². The van der Waals surface area contributed by atoms with Crippen LogP contribution in [0.3, 0.4) is 0 Å². The van der Waals surface area contributed by atoms with Crippen LogP contribution in [0.15, 0.2) is 60.0 Å². The fourth-order valence-electron chi connectivity index (χ4n) is 2.73. The number of carbonyl (C=O) groups is 2. The molecule has 0 radical (unpaired) electrons. The summed E-state index contributed by atoms with van der Waals surface area (Å²) in [4.78, 5) is 27.3. The SMILES string of the molecule is COc1ccccc1CN(C)C(=O)c1ccc(Cl)c(NC(=O)c2cccs2)c1. The molecule has 7 heteroatoms. The number of nitrogens with zero attached hydrogens (tertiary/aromatic N) is 1. The van der Waals surface area contributed by atoms with Gasteiger partial charge in [0.05, 0.1) is 22.7 Å². The maximum Gasteiger partial charge on any atom is 0.265 e. The van der Waals surface area contributed by atoms with Crippen molar-refractivity contribution in [2.45, 2.75) is 6.54 Å². The molecule has 144 valence electrons. The van der Waals surface area contributed by atoms with Crippen LogP contribution in [0.25, 0.3) is 0 Å².